The van der Waals surface area contributed by atoms with Crippen molar-refractivity contribution < 1.29 is 45.5 Å². The summed E-state index contributed by atoms with van der Waals surface area (Å²) in [5.74, 6) is -1.77. The Morgan fingerprint density at radius 3 is 0.774 bits per heavy atom. The molecule has 0 bridgehead atoms. The number of rotatable bonds is 12. The molecule has 10 aromatic carbocycles. The number of nitriles is 4. The number of benzene rings is 10. The van der Waals surface area contributed by atoms with Crippen molar-refractivity contribution in [2.75, 3.05) is 28.2 Å². The second kappa shape index (κ2) is 34.2. The van der Waals surface area contributed by atoms with E-state index in [1.54, 1.807) is 64.3 Å². The number of alkyl halides is 6. The zero-order valence-electron chi connectivity index (χ0n) is 69.8. The number of aryl methyl sites for hydroxylation is 2. The molecule has 0 saturated heterocycles. The minimum Gasteiger partial charge on any atom is -0.369 e. The smallest absolute Gasteiger partial charge is 0.369 e. The highest BCUT2D eigenvalue weighted by Gasteiger charge is 2.52. The van der Waals surface area contributed by atoms with Crippen LogP contribution < -0.4 is 22.9 Å². The van der Waals surface area contributed by atoms with E-state index in [1.165, 1.54) is 94.8 Å². The van der Waals surface area contributed by atoms with Crippen LogP contribution in [0.1, 0.15) is 189 Å². The van der Waals surface area contributed by atoms with Gasteiger partial charge in [-0.2, -0.15) is 47.4 Å². The van der Waals surface area contributed by atoms with Gasteiger partial charge in [-0.05, 0) is 230 Å². The summed E-state index contributed by atoms with van der Waals surface area (Å²) in [6.07, 6.45) is -4.00. The van der Waals surface area contributed by atoms with Crippen LogP contribution in [0.5, 0.6) is 0 Å². The van der Waals surface area contributed by atoms with E-state index in [0.29, 0.717) is 45.2 Å². The van der Waals surface area contributed by atoms with Gasteiger partial charge < -0.3 is 22.9 Å². The van der Waals surface area contributed by atoms with Crippen LogP contribution in [0.25, 0.3) is 22.3 Å². The molecule has 0 unspecified atom stereocenters. The van der Waals surface area contributed by atoms with Crippen LogP contribution in [0, 0.1) is 59.2 Å². The van der Waals surface area contributed by atoms with Crippen molar-refractivity contribution in [2.24, 2.45) is 42.9 Å². The highest BCUT2D eigenvalue weighted by atomic mass is 19.4. The summed E-state index contributed by atoms with van der Waals surface area (Å²) in [7, 11) is 6.32. The topological polar surface area (TPSA) is 330 Å². The molecule has 10 aromatic rings. The predicted octanol–water partition coefficient (Wildman–Crippen LogP) is 17.1. The molecule has 0 radical (unpaired) electrons. The monoisotopic (exact) mass is 1670 g/mol. The van der Waals surface area contributed by atoms with Crippen molar-refractivity contribution >= 4 is 47.5 Å². The van der Waals surface area contributed by atoms with Crippen molar-refractivity contribution in [3.63, 3.8) is 0 Å². The molecule has 0 aromatic heterocycles. The molecule has 124 heavy (non-hydrogen) atoms. The van der Waals surface area contributed by atoms with Gasteiger partial charge in [0.05, 0.1) is 81.3 Å². The second-order valence-electron chi connectivity index (χ2n) is 32.9. The number of halogens is 6. The minimum atomic E-state index is -4.44. The average Bonchev–Trinajstić information content (AvgIpc) is 1.19. The number of carbonyl (C=O) groups is 4. The molecule has 2 aliphatic carbocycles. The fraction of sp³-hybridized carbons (Fsp3) is 0.265. The van der Waals surface area contributed by atoms with Gasteiger partial charge in [-0.25, -0.2) is 20.0 Å². The van der Waals surface area contributed by atoms with Gasteiger partial charge >= 0.3 is 12.4 Å². The summed E-state index contributed by atoms with van der Waals surface area (Å²) < 4.78 is 77.4. The van der Waals surface area contributed by atoms with E-state index in [0.717, 1.165) is 91.0 Å². The number of hydrogen-bond acceptors (Lipinski definition) is 16. The third-order valence-electron chi connectivity index (χ3n) is 24.2. The number of nitrogens with two attached hydrogens (primary N) is 4. The van der Waals surface area contributed by atoms with Crippen LogP contribution >= 0.6 is 0 Å². The van der Waals surface area contributed by atoms with Crippen LogP contribution in [0.2, 0.25) is 0 Å². The summed E-state index contributed by atoms with van der Waals surface area (Å²) in [4.78, 5) is 77.3. The molecule has 2 fully saturated rings. The lowest BCUT2D eigenvalue weighted by Gasteiger charge is -2.41. The molecule has 4 aliphatic heterocycles. The molecule has 26 heteroatoms. The Hall–Kier alpha value is -14.5. The molecule has 0 spiro atoms. The van der Waals surface area contributed by atoms with Gasteiger partial charge in [0.1, 0.15) is 22.2 Å². The molecule has 4 heterocycles. The molecular formula is C98H90F6N16O4. The lowest BCUT2D eigenvalue weighted by molar-refractivity contribution is -0.138. The second-order valence-corrected chi connectivity index (χ2v) is 32.9. The predicted molar refractivity (Wildman–Crippen MR) is 463 cm³/mol. The number of hydrogen-bond donors (Lipinski definition) is 4. The summed E-state index contributed by atoms with van der Waals surface area (Å²) in [6.45, 7) is 11.3. The van der Waals surface area contributed by atoms with Crippen LogP contribution in [-0.4, -0.2) is 95.3 Å². The number of carbonyl (C=O) groups excluding carboxylic acids is 4. The summed E-state index contributed by atoms with van der Waals surface area (Å²) in [5.41, 5.74) is 34.2. The number of aliphatic imine (C=N–C) groups is 4. The van der Waals surface area contributed by atoms with E-state index in [1.807, 2.05) is 149 Å². The van der Waals surface area contributed by atoms with Crippen LogP contribution in [-0.2, 0) is 53.7 Å². The number of likely N-dealkylation sites (N-methyl/N-ethyl adjacent to an activating group) is 4. The van der Waals surface area contributed by atoms with Gasteiger partial charge in [-0.1, -0.05) is 169 Å². The Bertz CT molecular complexity index is 5730. The first-order valence-electron chi connectivity index (χ1n) is 40.1. The Morgan fingerprint density at radius 1 is 0.323 bits per heavy atom. The van der Waals surface area contributed by atoms with E-state index < -0.39 is 69.3 Å². The summed E-state index contributed by atoms with van der Waals surface area (Å²) in [5, 5.41) is 37.6. The van der Waals surface area contributed by atoms with E-state index >= 15 is 0 Å². The first-order valence-corrected chi connectivity index (χ1v) is 40.1. The summed E-state index contributed by atoms with van der Waals surface area (Å²) in [6, 6.07) is 75.1. The molecule has 628 valence electrons. The highest BCUT2D eigenvalue weighted by Crippen LogP contribution is 2.51. The number of amides is 4. The highest BCUT2D eigenvalue weighted by molar-refractivity contribution is 6.05. The standard InChI is InChI=1S/2C29H25N5O.2C20H20F3N3O/c2*1-29(25-5-3-4-23(15-25)24-13-18(16-30)12-19(14-24)17-31)26(27(35)34(2)28(32)33-29)22-10-8-21(9-11-22)20-6-7-20;2*1-12-5-4-6-15(11-12)19(2)16(17(27)26(3)18(24)25-19)13-7-9-14(10-8-13)20(21,22)23/h2*3-5,8-15,20,26H,6-7H2,1-2H3,(H2,32,33);2*4-11,16H,1-3H3,(H2,24,25)/t26-,29+;26-,29-;16-,19+;16-,19-/m0101/s1. The third-order valence-corrected chi connectivity index (χ3v) is 24.2. The average molecular weight is 1670 g/mol. The molecule has 8 N–H and O–H groups in total. The van der Waals surface area contributed by atoms with E-state index in [9.17, 15) is 66.6 Å². The maximum Gasteiger partial charge on any atom is 0.416 e. The molecular weight excluding hydrogens is 1580 g/mol. The van der Waals surface area contributed by atoms with Gasteiger partial charge in [0.15, 0.2) is 23.8 Å². The third kappa shape index (κ3) is 17.6. The van der Waals surface area contributed by atoms with Gasteiger partial charge in [-0.3, -0.25) is 38.8 Å². The zero-order chi connectivity index (χ0) is 89.4. The van der Waals surface area contributed by atoms with Gasteiger partial charge in [-0.15, -0.1) is 0 Å². The Kier molecular flexibility index (Phi) is 24.1. The zero-order valence-corrected chi connectivity index (χ0v) is 69.8. The lowest BCUT2D eigenvalue weighted by atomic mass is 9.73. The normalized spacial score (nSPS) is 22.4. The van der Waals surface area contributed by atoms with E-state index in [2.05, 4.69) is 58.5 Å². The molecule has 4 amide bonds. The van der Waals surface area contributed by atoms with E-state index in [4.69, 9.17) is 32.9 Å². The minimum absolute atomic E-state index is 0.0761. The van der Waals surface area contributed by atoms with Crippen molar-refractivity contribution in [1.29, 1.82) is 21.0 Å². The molecule has 6 aliphatic rings. The Morgan fingerprint density at radius 2 is 0.548 bits per heavy atom. The first kappa shape index (κ1) is 87.3. The van der Waals surface area contributed by atoms with Gasteiger partial charge in [0, 0.05) is 28.2 Å². The van der Waals surface area contributed by atoms with Gasteiger partial charge in [0.2, 0.25) is 23.6 Å². The molecule has 2 saturated carbocycles. The fourth-order valence-electron chi connectivity index (χ4n) is 16.8. The molecule has 16 rings (SSSR count). The number of guanidine groups is 4. The van der Waals surface area contributed by atoms with Crippen molar-refractivity contribution in [1.82, 2.24) is 19.6 Å². The van der Waals surface area contributed by atoms with Gasteiger partial charge in [0.25, 0.3) is 0 Å². The van der Waals surface area contributed by atoms with Crippen molar-refractivity contribution in [3.05, 3.63) is 331 Å². The first-order chi connectivity index (χ1) is 58.7. The Balaban J connectivity index is 0.000000143. The molecule has 20 nitrogen and oxygen atoms in total. The fourth-order valence-corrected chi connectivity index (χ4v) is 16.8. The SMILES string of the molecule is CN1C(=O)[C@@H](c2ccc(C3CC3)cc2)[C@@](C)(c2cccc(-c3cc(C#N)cc(C#N)c3)c2)N=C1N.CN1C(=O)[C@H](c2ccc(C3CC3)cc2)[C@@](C)(c2cccc(-c3cc(C#N)cc(C#N)c3)c2)N=C1N.Cc1cccc([C@@]2(C)N=C(N)N(C)C(=O)[C@@H]2c2ccc(C(F)(F)F)cc2)c1.Cc1cccc([C@@]2(C)N=C(N)N(C)C(=O)[C@H]2c2ccc(C(F)(F)F)cc2)c1. The Labute approximate surface area is 715 Å². The van der Waals surface area contributed by atoms with Crippen LogP contribution in [0.3, 0.4) is 0 Å². The van der Waals surface area contributed by atoms with Crippen molar-refractivity contribution in [2.45, 2.75) is 137 Å². The summed E-state index contributed by atoms with van der Waals surface area (Å²) >= 11 is 0. The van der Waals surface area contributed by atoms with E-state index in [-0.39, 0.29) is 47.5 Å². The quantitative estimate of drug-likeness (QED) is 0.0830. The molecule has 8 atom stereocenters. The van der Waals surface area contributed by atoms with Crippen molar-refractivity contribution in [3.8, 4) is 46.5 Å². The maximum absolute atomic E-state index is 13.6. The maximum atomic E-state index is 13.6. The van der Waals surface area contributed by atoms with Crippen LogP contribution in [0.15, 0.2) is 250 Å². The largest absolute Gasteiger partial charge is 0.416 e. The lowest BCUT2D eigenvalue weighted by Crippen LogP contribution is -2.52. The van der Waals surface area contributed by atoms with Crippen LogP contribution in [0.4, 0.5) is 26.3 Å². The number of nitrogens with zero attached hydrogens (tertiary/aromatic N) is 12.